The number of hydrogen-bond donors (Lipinski definition) is 2. The fourth-order valence-corrected chi connectivity index (χ4v) is 2.84. The summed E-state index contributed by atoms with van der Waals surface area (Å²) in [6, 6.07) is 5.18. The van der Waals surface area contributed by atoms with Gasteiger partial charge in [-0.25, -0.2) is 0 Å². The number of thioether (sulfide) groups is 1. The molecular weight excluding hydrogens is 292 g/mol. The molecule has 1 atom stereocenters. The lowest BCUT2D eigenvalue weighted by Crippen LogP contribution is -2.37. The van der Waals surface area contributed by atoms with E-state index in [2.05, 4.69) is 10.6 Å². The standard InChI is InChI=1S/C14H20N2O4S/c1-18-5-6-20-13-7-10(3-4-12(13)19-2)16-14(17)11-8-21-9-15-11/h3-4,7,11,15H,5-6,8-9H2,1-2H3,(H,16,17). The van der Waals surface area contributed by atoms with Gasteiger partial charge >= 0.3 is 0 Å². The van der Waals surface area contributed by atoms with E-state index in [0.29, 0.717) is 30.4 Å². The fraction of sp³-hybridized carbons (Fsp3) is 0.500. The molecule has 1 aromatic rings. The first-order valence-corrected chi connectivity index (χ1v) is 7.82. The second-order valence-electron chi connectivity index (χ2n) is 4.47. The summed E-state index contributed by atoms with van der Waals surface area (Å²) in [5, 5.41) is 6.02. The molecule has 1 unspecified atom stereocenters. The zero-order valence-corrected chi connectivity index (χ0v) is 13.0. The number of methoxy groups -OCH3 is 2. The molecule has 0 aliphatic carbocycles. The van der Waals surface area contributed by atoms with E-state index < -0.39 is 0 Å². The summed E-state index contributed by atoms with van der Waals surface area (Å²) in [5.74, 6) is 2.78. The van der Waals surface area contributed by atoms with E-state index in [0.717, 1.165) is 11.6 Å². The third-order valence-corrected chi connectivity index (χ3v) is 3.95. The molecule has 1 aliphatic rings. The third kappa shape index (κ3) is 4.52. The maximum absolute atomic E-state index is 12.1. The third-order valence-electron chi connectivity index (χ3n) is 3.01. The van der Waals surface area contributed by atoms with Gasteiger partial charge in [0.05, 0.1) is 19.8 Å². The van der Waals surface area contributed by atoms with Crippen molar-refractivity contribution in [3.63, 3.8) is 0 Å². The van der Waals surface area contributed by atoms with E-state index in [-0.39, 0.29) is 11.9 Å². The predicted molar refractivity (Wildman–Crippen MR) is 83.2 cm³/mol. The molecule has 2 N–H and O–H groups in total. The maximum atomic E-state index is 12.1. The Kier molecular flexibility index (Phi) is 6.16. The van der Waals surface area contributed by atoms with Crippen molar-refractivity contribution < 1.29 is 19.0 Å². The van der Waals surface area contributed by atoms with Crippen LogP contribution in [-0.2, 0) is 9.53 Å². The van der Waals surface area contributed by atoms with Crippen molar-refractivity contribution in [2.24, 2.45) is 0 Å². The minimum absolute atomic E-state index is 0.0343. The lowest BCUT2D eigenvalue weighted by Gasteiger charge is -2.14. The van der Waals surface area contributed by atoms with Gasteiger partial charge in [0, 0.05) is 30.5 Å². The Balaban J connectivity index is 2.01. The predicted octanol–water partition coefficient (Wildman–Crippen LogP) is 1.32. The first-order valence-electron chi connectivity index (χ1n) is 6.66. The summed E-state index contributed by atoms with van der Waals surface area (Å²) in [6.07, 6.45) is 0. The Labute approximate surface area is 128 Å². The lowest BCUT2D eigenvalue weighted by atomic mass is 10.2. The van der Waals surface area contributed by atoms with Crippen LogP contribution in [0.15, 0.2) is 18.2 Å². The second-order valence-corrected chi connectivity index (χ2v) is 5.50. The summed E-state index contributed by atoms with van der Waals surface area (Å²) >= 11 is 1.71. The van der Waals surface area contributed by atoms with Crippen molar-refractivity contribution in [2.75, 3.05) is 44.4 Å². The van der Waals surface area contributed by atoms with Crippen LogP contribution in [0.2, 0.25) is 0 Å². The maximum Gasteiger partial charge on any atom is 0.242 e. The summed E-state index contributed by atoms with van der Waals surface area (Å²) in [5.41, 5.74) is 0.687. The molecule has 116 valence electrons. The van der Waals surface area contributed by atoms with Gasteiger partial charge in [-0.2, -0.15) is 0 Å². The number of rotatable bonds is 7. The molecule has 6 nitrogen and oxygen atoms in total. The molecule has 2 rings (SSSR count). The van der Waals surface area contributed by atoms with Gasteiger partial charge in [-0.05, 0) is 12.1 Å². The van der Waals surface area contributed by atoms with Crippen LogP contribution in [0.3, 0.4) is 0 Å². The monoisotopic (exact) mass is 312 g/mol. The van der Waals surface area contributed by atoms with E-state index in [1.807, 2.05) is 0 Å². The van der Waals surface area contributed by atoms with Crippen LogP contribution < -0.4 is 20.1 Å². The summed E-state index contributed by atoms with van der Waals surface area (Å²) < 4.78 is 15.8. The Morgan fingerprint density at radius 2 is 2.24 bits per heavy atom. The number of hydrogen-bond acceptors (Lipinski definition) is 6. The van der Waals surface area contributed by atoms with Crippen LogP contribution >= 0.6 is 11.8 Å². The van der Waals surface area contributed by atoms with Gasteiger partial charge < -0.3 is 19.5 Å². The average Bonchev–Trinajstić information content (AvgIpc) is 3.02. The molecule has 1 amide bonds. The number of benzene rings is 1. The number of nitrogens with one attached hydrogen (secondary N) is 2. The zero-order valence-electron chi connectivity index (χ0n) is 12.2. The van der Waals surface area contributed by atoms with Gasteiger partial charge in [0.25, 0.3) is 0 Å². The molecule has 1 aromatic carbocycles. The first-order chi connectivity index (χ1) is 10.2. The zero-order chi connectivity index (χ0) is 15.1. The second kappa shape index (κ2) is 8.11. The highest BCUT2D eigenvalue weighted by Gasteiger charge is 2.22. The highest BCUT2D eigenvalue weighted by atomic mass is 32.2. The van der Waals surface area contributed by atoms with Crippen molar-refractivity contribution in [1.29, 1.82) is 0 Å². The Bertz CT molecular complexity index is 478. The molecule has 0 radical (unpaired) electrons. The van der Waals surface area contributed by atoms with Crippen LogP contribution in [0.1, 0.15) is 0 Å². The normalized spacial score (nSPS) is 17.5. The Morgan fingerprint density at radius 3 is 2.90 bits per heavy atom. The van der Waals surface area contributed by atoms with Crippen LogP contribution in [0.25, 0.3) is 0 Å². The quantitative estimate of drug-likeness (QED) is 0.740. The highest BCUT2D eigenvalue weighted by molar-refractivity contribution is 7.99. The Hall–Kier alpha value is -1.44. The SMILES string of the molecule is COCCOc1cc(NC(=O)C2CSCN2)ccc1OC. The van der Waals surface area contributed by atoms with E-state index in [4.69, 9.17) is 14.2 Å². The molecule has 0 bridgehead atoms. The van der Waals surface area contributed by atoms with Crippen LogP contribution in [-0.4, -0.2) is 51.0 Å². The molecule has 0 saturated carbocycles. The number of carbonyl (C=O) groups is 1. The molecule has 7 heteroatoms. The van der Waals surface area contributed by atoms with Gasteiger partial charge in [0.1, 0.15) is 6.61 Å². The fourth-order valence-electron chi connectivity index (χ4n) is 1.90. The number of amides is 1. The van der Waals surface area contributed by atoms with Crippen LogP contribution in [0, 0.1) is 0 Å². The molecule has 1 saturated heterocycles. The van der Waals surface area contributed by atoms with Gasteiger partial charge in [-0.3, -0.25) is 10.1 Å². The largest absolute Gasteiger partial charge is 0.493 e. The van der Waals surface area contributed by atoms with Crippen molar-refractivity contribution in [3.8, 4) is 11.5 Å². The molecular formula is C14H20N2O4S. The van der Waals surface area contributed by atoms with Crippen LogP contribution in [0.4, 0.5) is 5.69 Å². The lowest BCUT2D eigenvalue weighted by molar-refractivity contribution is -0.117. The summed E-state index contributed by atoms with van der Waals surface area (Å²) in [6.45, 7) is 0.911. The smallest absolute Gasteiger partial charge is 0.242 e. The van der Waals surface area contributed by atoms with Crippen molar-refractivity contribution in [2.45, 2.75) is 6.04 Å². The van der Waals surface area contributed by atoms with Crippen molar-refractivity contribution in [1.82, 2.24) is 5.32 Å². The minimum atomic E-state index is -0.144. The highest BCUT2D eigenvalue weighted by Crippen LogP contribution is 2.30. The molecule has 0 aromatic heterocycles. The van der Waals surface area contributed by atoms with Crippen molar-refractivity contribution >= 4 is 23.4 Å². The number of ether oxygens (including phenoxy) is 3. The molecule has 1 heterocycles. The van der Waals surface area contributed by atoms with Gasteiger partial charge in [-0.1, -0.05) is 0 Å². The number of carbonyl (C=O) groups excluding carboxylic acids is 1. The topological polar surface area (TPSA) is 68.8 Å². The van der Waals surface area contributed by atoms with E-state index in [1.165, 1.54) is 0 Å². The van der Waals surface area contributed by atoms with Crippen LogP contribution in [0.5, 0.6) is 11.5 Å². The first kappa shape index (κ1) is 15.9. The van der Waals surface area contributed by atoms with E-state index >= 15 is 0 Å². The summed E-state index contributed by atoms with van der Waals surface area (Å²) in [4.78, 5) is 12.1. The summed E-state index contributed by atoms with van der Waals surface area (Å²) in [7, 11) is 3.19. The Morgan fingerprint density at radius 1 is 1.38 bits per heavy atom. The van der Waals surface area contributed by atoms with Gasteiger partial charge in [0.15, 0.2) is 11.5 Å². The van der Waals surface area contributed by atoms with E-state index in [1.54, 1.807) is 44.2 Å². The average molecular weight is 312 g/mol. The number of anilines is 1. The van der Waals surface area contributed by atoms with Crippen molar-refractivity contribution in [3.05, 3.63) is 18.2 Å². The van der Waals surface area contributed by atoms with Gasteiger partial charge in [0.2, 0.25) is 5.91 Å². The minimum Gasteiger partial charge on any atom is -0.493 e. The molecule has 1 aliphatic heterocycles. The molecule has 21 heavy (non-hydrogen) atoms. The molecule has 0 spiro atoms. The molecule has 1 fully saturated rings. The van der Waals surface area contributed by atoms with E-state index in [9.17, 15) is 4.79 Å². The van der Waals surface area contributed by atoms with Gasteiger partial charge in [-0.15, -0.1) is 11.8 Å².